The predicted molar refractivity (Wildman–Crippen MR) is 83.3 cm³/mol. The second-order valence-electron chi connectivity index (χ2n) is 4.23. The number of rotatable bonds is 4. The van der Waals surface area contributed by atoms with E-state index in [9.17, 15) is 4.79 Å². The maximum absolute atomic E-state index is 11.2. The zero-order chi connectivity index (χ0) is 14.4. The van der Waals surface area contributed by atoms with E-state index in [0.717, 1.165) is 22.0 Å². The van der Waals surface area contributed by atoms with Crippen LogP contribution in [0.25, 0.3) is 0 Å². The van der Waals surface area contributed by atoms with Gasteiger partial charge in [0.1, 0.15) is 0 Å². The van der Waals surface area contributed by atoms with Crippen molar-refractivity contribution in [2.75, 3.05) is 17.7 Å². The zero-order valence-corrected chi connectivity index (χ0v) is 11.9. The SMILES string of the molecule is CNC(=O)Nc1ccc(NCc2ccccc2Cl)cc1. The van der Waals surface area contributed by atoms with Gasteiger partial charge in [-0.25, -0.2) is 4.79 Å². The molecule has 0 atom stereocenters. The smallest absolute Gasteiger partial charge is 0.318 e. The first-order valence-corrected chi connectivity index (χ1v) is 6.63. The highest BCUT2D eigenvalue weighted by molar-refractivity contribution is 6.31. The molecule has 0 aliphatic heterocycles. The molecule has 0 unspecified atom stereocenters. The molecule has 5 heteroatoms. The second kappa shape index (κ2) is 6.82. The Kier molecular flexibility index (Phi) is 4.85. The van der Waals surface area contributed by atoms with Crippen LogP contribution in [-0.4, -0.2) is 13.1 Å². The Morgan fingerprint density at radius 1 is 1.05 bits per heavy atom. The van der Waals surface area contributed by atoms with Crippen LogP contribution in [0.3, 0.4) is 0 Å². The Hall–Kier alpha value is -2.20. The molecule has 3 N–H and O–H groups in total. The van der Waals surface area contributed by atoms with E-state index in [2.05, 4.69) is 16.0 Å². The number of hydrogen-bond acceptors (Lipinski definition) is 2. The number of hydrogen-bond donors (Lipinski definition) is 3. The highest BCUT2D eigenvalue weighted by Crippen LogP contribution is 2.18. The van der Waals surface area contributed by atoms with Gasteiger partial charge in [0.2, 0.25) is 0 Å². The van der Waals surface area contributed by atoms with Gasteiger partial charge in [0.15, 0.2) is 0 Å². The summed E-state index contributed by atoms with van der Waals surface area (Å²) in [7, 11) is 1.58. The lowest BCUT2D eigenvalue weighted by atomic mass is 10.2. The van der Waals surface area contributed by atoms with Crippen molar-refractivity contribution >= 4 is 29.0 Å². The molecule has 0 radical (unpaired) electrons. The van der Waals surface area contributed by atoms with Crippen LogP contribution in [0.4, 0.5) is 16.2 Å². The minimum Gasteiger partial charge on any atom is -0.381 e. The molecule has 20 heavy (non-hydrogen) atoms. The highest BCUT2D eigenvalue weighted by Gasteiger charge is 2.00. The van der Waals surface area contributed by atoms with Gasteiger partial charge in [-0.05, 0) is 35.9 Å². The van der Waals surface area contributed by atoms with Crippen LogP contribution in [0, 0.1) is 0 Å². The van der Waals surface area contributed by atoms with E-state index in [1.807, 2.05) is 48.5 Å². The molecular weight excluding hydrogens is 274 g/mol. The molecule has 2 rings (SSSR count). The quantitative estimate of drug-likeness (QED) is 0.804. The summed E-state index contributed by atoms with van der Waals surface area (Å²) in [5.74, 6) is 0. The van der Waals surface area contributed by atoms with Gasteiger partial charge in [0.05, 0.1) is 0 Å². The zero-order valence-electron chi connectivity index (χ0n) is 11.1. The van der Waals surface area contributed by atoms with E-state index in [1.165, 1.54) is 0 Å². The van der Waals surface area contributed by atoms with Crippen LogP contribution in [0.5, 0.6) is 0 Å². The van der Waals surface area contributed by atoms with E-state index < -0.39 is 0 Å². The first-order valence-electron chi connectivity index (χ1n) is 6.25. The molecule has 0 aromatic heterocycles. The van der Waals surface area contributed by atoms with E-state index in [4.69, 9.17) is 11.6 Å². The van der Waals surface area contributed by atoms with Gasteiger partial charge >= 0.3 is 6.03 Å². The number of nitrogens with one attached hydrogen (secondary N) is 3. The van der Waals surface area contributed by atoms with Gasteiger partial charge in [0, 0.05) is 30.0 Å². The van der Waals surface area contributed by atoms with Crippen LogP contribution in [0.2, 0.25) is 5.02 Å². The summed E-state index contributed by atoms with van der Waals surface area (Å²) in [5, 5.41) is 9.23. The fraction of sp³-hybridized carbons (Fsp3) is 0.133. The van der Waals surface area contributed by atoms with Crippen molar-refractivity contribution in [2.24, 2.45) is 0 Å². The van der Waals surface area contributed by atoms with Crippen LogP contribution in [0.1, 0.15) is 5.56 Å². The maximum atomic E-state index is 11.2. The fourth-order valence-electron chi connectivity index (χ4n) is 1.70. The third kappa shape index (κ3) is 3.90. The molecule has 0 aliphatic carbocycles. The molecule has 0 bridgehead atoms. The third-order valence-electron chi connectivity index (χ3n) is 2.81. The van der Waals surface area contributed by atoms with Crippen molar-refractivity contribution in [3.63, 3.8) is 0 Å². The number of carbonyl (C=O) groups is 1. The molecule has 0 aliphatic rings. The van der Waals surface area contributed by atoms with Gasteiger partial charge in [-0.3, -0.25) is 0 Å². The number of urea groups is 1. The van der Waals surface area contributed by atoms with Crippen molar-refractivity contribution in [1.29, 1.82) is 0 Å². The van der Waals surface area contributed by atoms with Gasteiger partial charge in [-0.15, -0.1) is 0 Å². The van der Waals surface area contributed by atoms with Crippen LogP contribution >= 0.6 is 11.6 Å². The topological polar surface area (TPSA) is 53.2 Å². The van der Waals surface area contributed by atoms with Crippen LogP contribution < -0.4 is 16.0 Å². The highest BCUT2D eigenvalue weighted by atomic mass is 35.5. The summed E-state index contributed by atoms with van der Waals surface area (Å²) < 4.78 is 0. The first kappa shape index (κ1) is 14.2. The minimum absolute atomic E-state index is 0.234. The fourth-order valence-corrected chi connectivity index (χ4v) is 1.91. The van der Waals surface area contributed by atoms with Crippen LogP contribution in [0.15, 0.2) is 48.5 Å². The Morgan fingerprint density at radius 3 is 2.35 bits per heavy atom. The van der Waals surface area contributed by atoms with Gasteiger partial charge in [0.25, 0.3) is 0 Å². The maximum Gasteiger partial charge on any atom is 0.318 e. The second-order valence-corrected chi connectivity index (χ2v) is 4.63. The monoisotopic (exact) mass is 289 g/mol. The largest absolute Gasteiger partial charge is 0.381 e. The summed E-state index contributed by atoms with van der Waals surface area (Å²) in [6, 6.07) is 15.0. The molecule has 104 valence electrons. The summed E-state index contributed by atoms with van der Waals surface area (Å²) in [6.45, 7) is 0.655. The van der Waals surface area contributed by atoms with E-state index in [0.29, 0.717) is 6.54 Å². The Balaban J connectivity index is 1.94. The summed E-state index contributed by atoms with van der Waals surface area (Å²) in [5.41, 5.74) is 2.75. The predicted octanol–water partition coefficient (Wildman–Crippen LogP) is 3.70. The lowest BCUT2D eigenvalue weighted by Gasteiger charge is -2.09. The van der Waals surface area contributed by atoms with Crippen molar-refractivity contribution in [3.8, 4) is 0 Å². The van der Waals surface area contributed by atoms with Gasteiger partial charge in [-0.2, -0.15) is 0 Å². The van der Waals surface area contributed by atoms with E-state index >= 15 is 0 Å². The number of anilines is 2. The lowest BCUT2D eigenvalue weighted by Crippen LogP contribution is -2.24. The van der Waals surface area contributed by atoms with Crippen molar-refractivity contribution < 1.29 is 4.79 Å². The first-order chi connectivity index (χ1) is 9.69. The summed E-state index contributed by atoms with van der Waals surface area (Å²) >= 11 is 6.09. The standard InChI is InChI=1S/C15H16ClN3O/c1-17-15(20)19-13-8-6-12(7-9-13)18-10-11-4-2-3-5-14(11)16/h2-9,18H,10H2,1H3,(H2,17,19,20). The third-order valence-corrected chi connectivity index (χ3v) is 3.18. The number of benzene rings is 2. The van der Waals surface area contributed by atoms with Gasteiger partial charge < -0.3 is 16.0 Å². The average molecular weight is 290 g/mol. The van der Waals surface area contributed by atoms with Crippen molar-refractivity contribution in [3.05, 3.63) is 59.1 Å². The van der Waals surface area contributed by atoms with E-state index in [1.54, 1.807) is 7.05 Å². The van der Waals surface area contributed by atoms with Gasteiger partial charge in [-0.1, -0.05) is 29.8 Å². The molecule has 0 spiro atoms. The molecule has 2 aromatic rings. The van der Waals surface area contributed by atoms with Crippen LogP contribution in [-0.2, 0) is 6.54 Å². The van der Waals surface area contributed by atoms with Crippen molar-refractivity contribution in [2.45, 2.75) is 6.54 Å². The molecule has 4 nitrogen and oxygen atoms in total. The molecule has 0 saturated carbocycles. The molecule has 0 fully saturated rings. The average Bonchev–Trinajstić information content (AvgIpc) is 2.48. The molecule has 2 aromatic carbocycles. The summed E-state index contributed by atoms with van der Waals surface area (Å²) in [6.07, 6.45) is 0. The van der Waals surface area contributed by atoms with Crippen molar-refractivity contribution in [1.82, 2.24) is 5.32 Å². The summed E-state index contributed by atoms with van der Waals surface area (Å²) in [4.78, 5) is 11.2. The van der Waals surface area contributed by atoms with E-state index in [-0.39, 0.29) is 6.03 Å². The molecule has 0 saturated heterocycles. The number of halogens is 1. The molecule has 2 amide bonds. The lowest BCUT2D eigenvalue weighted by molar-refractivity contribution is 0.254. The number of amides is 2. The Labute approximate surface area is 123 Å². The number of carbonyl (C=O) groups excluding carboxylic acids is 1. The normalized spacial score (nSPS) is 9.90. The molecular formula is C15H16ClN3O. The Bertz CT molecular complexity index is 584. The Morgan fingerprint density at radius 2 is 1.70 bits per heavy atom. The molecule has 0 heterocycles. The minimum atomic E-state index is -0.234.